The predicted molar refractivity (Wildman–Crippen MR) is 89.5 cm³/mol. The van der Waals surface area contributed by atoms with Crippen LogP contribution < -0.4 is 15.6 Å². The van der Waals surface area contributed by atoms with Gasteiger partial charge in [-0.2, -0.15) is 5.01 Å². The minimum Gasteiger partial charge on any atom is -0.364 e. The standard InChI is InChI=1S/C17H28N4O4/c1-11-4-6-17(7-5-11)15(23)21(16(24)18-17)19-14(22)10-20-8-12(2)25-13(3)9-20/h11-13H,4-10H2,1-3H3,(H,18,24)(H,19,22)/p+1/t11?,12-,13+,17?. The summed E-state index contributed by atoms with van der Waals surface area (Å²) in [6.45, 7) is 7.82. The van der Waals surface area contributed by atoms with E-state index in [1.54, 1.807) is 0 Å². The van der Waals surface area contributed by atoms with Crippen molar-refractivity contribution in [3.05, 3.63) is 0 Å². The zero-order valence-corrected chi connectivity index (χ0v) is 15.3. The van der Waals surface area contributed by atoms with Crippen LogP contribution in [0.25, 0.3) is 0 Å². The van der Waals surface area contributed by atoms with E-state index in [1.165, 1.54) is 0 Å². The molecular weight excluding hydrogens is 324 g/mol. The maximum atomic E-state index is 12.7. The Morgan fingerprint density at radius 1 is 1.24 bits per heavy atom. The number of nitrogens with one attached hydrogen (secondary N) is 3. The molecule has 2 aliphatic heterocycles. The predicted octanol–water partition coefficient (Wildman–Crippen LogP) is -0.790. The quantitative estimate of drug-likeness (QED) is 0.580. The Hall–Kier alpha value is -1.67. The van der Waals surface area contributed by atoms with Gasteiger partial charge in [0.15, 0.2) is 6.54 Å². The molecule has 3 aliphatic rings. The highest BCUT2D eigenvalue weighted by Crippen LogP contribution is 2.35. The molecule has 3 rings (SSSR count). The molecule has 2 heterocycles. The topological polar surface area (TPSA) is 92.2 Å². The molecule has 8 heteroatoms. The molecule has 0 bridgehead atoms. The molecule has 4 amide bonds. The van der Waals surface area contributed by atoms with E-state index in [0.29, 0.717) is 18.8 Å². The number of ether oxygens (including phenoxy) is 1. The SMILES string of the molecule is CC1CCC2(CC1)NC(=O)N(NC(=O)C[NH+]1C[C@@H](C)O[C@@H](C)C1)C2=O. The molecule has 0 aromatic heterocycles. The third kappa shape index (κ3) is 3.79. The first kappa shape index (κ1) is 18.1. The number of quaternary nitrogens is 1. The number of hydrogen-bond donors (Lipinski definition) is 3. The third-order valence-corrected chi connectivity index (χ3v) is 5.55. The van der Waals surface area contributed by atoms with E-state index in [0.717, 1.165) is 35.8 Å². The van der Waals surface area contributed by atoms with Gasteiger partial charge < -0.3 is 15.0 Å². The lowest BCUT2D eigenvalue weighted by molar-refractivity contribution is -0.907. The number of urea groups is 1. The molecule has 0 aromatic carbocycles. The van der Waals surface area contributed by atoms with Crippen molar-refractivity contribution in [3.8, 4) is 0 Å². The zero-order valence-electron chi connectivity index (χ0n) is 15.3. The van der Waals surface area contributed by atoms with E-state index in [2.05, 4.69) is 17.7 Å². The van der Waals surface area contributed by atoms with E-state index in [-0.39, 0.29) is 30.6 Å². The molecule has 3 N–H and O–H groups in total. The van der Waals surface area contributed by atoms with Crippen molar-refractivity contribution in [2.24, 2.45) is 5.92 Å². The van der Waals surface area contributed by atoms with E-state index < -0.39 is 11.6 Å². The second kappa shape index (κ2) is 6.92. The number of imide groups is 1. The monoisotopic (exact) mass is 353 g/mol. The number of hydrazine groups is 1. The van der Waals surface area contributed by atoms with Crippen molar-refractivity contribution in [3.63, 3.8) is 0 Å². The molecule has 2 saturated heterocycles. The number of rotatable bonds is 3. The number of nitrogens with zero attached hydrogens (tertiary/aromatic N) is 1. The normalized spacial score (nSPS) is 38.8. The van der Waals surface area contributed by atoms with E-state index in [1.807, 2.05) is 13.8 Å². The Bertz CT molecular complexity index is 549. The van der Waals surface area contributed by atoms with Gasteiger partial charge >= 0.3 is 6.03 Å². The molecule has 8 nitrogen and oxygen atoms in total. The molecular formula is C17H29N4O4+. The van der Waals surface area contributed by atoms with Gasteiger partial charge in [0.05, 0.1) is 0 Å². The van der Waals surface area contributed by atoms with Gasteiger partial charge in [-0.1, -0.05) is 6.92 Å². The smallest absolute Gasteiger partial charge is 0.344 e. The van der Waals surface area contributed by atoms with Gasteiger partial charge in [-0.05, 0) is 45.4 Å². The lowest BCUT2D eigenvalue weighted by atomic mass is 9.77. The molecule has 0 aromatic rings. The lowest BCUT2D eigenvalue weighted by Crippen LogP contribution is -3.16. The summed E-state index contributed by atoms with van der Waals surface area (Å²) in [7, 11) is 0. The number of morpholine rings is 1. The second-order valence-electron chi connectivity index (χ2n) is 7.96. The fourth-order valence-corrected chi connectivity index (χ4v) is 4.24. The van der Waals surface area contributed by atoms with Gasteiger partial charge in [-0.15, -0.1) is 0 Å². The molecule has 3 fully saturated rings. The van der Waals surface area contributed by atoms with Crippen LogP contribution in [0, 0.1) is 5.92 Å². The molecule has 25 heavy (non-hydrogen) atoms. The van der Waals surface area contributed by atoms with Gasteiger partial charge in [0, 0.05) is 0 Å². The summed E-state index contributed by atoms with van der Waals surface area (Å²) < 4.78 is 5.67. The molecule has 1 saturated carbocycles. The van der Waals surface area contributed by atoms with Gasteiger partial charge in [-0.25, -0.2) is 4.79 Å². The maximum absolute atomic E-state index is 12.7. The Morgan fingerprint density at radius 3 is 2.44 bits per heavy atom. The average molecular weight is 353 g/mol. The Kier molecular flexibility index (Phi) is 5.02. The molecule has 1 unspecified atom stereocenters. The van der Waals surface area contributed by atoms with Crippen molar-refractivity contribution in [2.45, 2.75) is 64.2 Å². The van der Waals surface area contributed by atoms with Crippen LogP contribution in [0.4, 0.5) is 4.79 Å². The number of hydrogen-bond acceptors (Lipinski definition) is 4. The van der Waals surface area contributed by atoms with Crippen LogP contribution in [0.3, 0.4) is 0 Å². The zero-order chi connectivity index (χ0) is 18.2. The first-order valence-corrected chi connectivity index (χ1v) is 9.24. The highest BCUT2D eigenvalue weighted by Gasteiger charge is 2.53. The van der Waals surface area contributed by atoms with Crippen molar-refractivity contribution < 1.29 is 24.0 Å². The molecule has 3 atom stereocenters. The van der Waals surface area contributed by atoms with Crippen molar-refractivity contribution in [1.82, 2.24) is 15.8 Å². The van der Waals surface area contributed by atoms with Crippen LogP contribution in [0.15, 0.2) is 0 Å². The van der Waals surface area contributed by atoms with Crippen LogP contribution >= 0.6 is 0 Å². The largest absolute Gasteiger partial charge is 0.364 e. The number of carbonyl (C=O) groups excluding carboxylic acids is 3. The van der Waals surface area contributed by atoms with Gasteiger partial charge in [0.2, 0.25) is 0 Å². The van der Waals surface area contributed by atoms with Crippen LogP contribution in [-0.4, -0.2) is 60.2 Å². The van der Waals surface area contributed by atoms with Crippen molar-refractivity contribution in [2.75, 3.05) is 19.6 Å². The van der Waals surface area contributed by atoms with Crippen molar-refractivity contribution >= 4 is 17.8 Å². The highest BCUT2D eigenvalue weighted by atomic mass is 16.5. The van der Waals surface area contributed by atoms with Gasteiger partial charge in [0.1, 0.15) is 30.8 Å². The summed E-state index contributed by atoms with van der Waals surface area (Å²) in [5, 5.41) is 3.69. The van der Waals surface area contributed by atoms with Crippen LogP contribution in [0.1, 0.15) is 46.5 Å². The minimum absolute atomic E-state index is 0.0933. The highest BCUT2D eigenvalue weighted by molar-refractivity contribution is 6.08. The summed E-state index contributed by atoms with van der Waals surface area (Å²) in [6.07, 6.45) is 3.26. The summed E-state index contributed by atoms with van der Waals surface area (Å²) in [4.78, 5) is 38.4. The van der Waals surface area contributed by atoms with Crippen molar-refractivity contribution in [1.29, 1.82) is 0 Å². The molecule has 0 radical (unpaired) electrons. The minimum atomic E-state index is -0.828. The summed E-state index contributed by atoms with van der Waals surface area (Å²) >= 11 is 0. The molecule has 140 valence electrons. The first-order valence-electron chi connectivity index (χ1n) is 9.24. The van der Waals surface area contributed by atoms with Gasteiger partial charge in [0.25, 0.3) is 11.8 Å². The Balaban J connectivity index is 1.58. The van der Waals surface area contributed by atoms with E-state index in [9.17, 15) is 14.4 Å². The second-order valence-corrected chi connectivity index (χ2v) is 7.96. The fourth-order valence-electron chi connectivity index (χ4n) is 4.24. The van der Waals surface area contributed by atoms with Crippen LogP contribution in [0.2, 0.25) is 0 Å². The third-order valence-electron chi connectivity index (χ3n) is 5.55. The number of amides is 4. The van der Waals surface area contributed by atoms with Gasteiger partial charge in [-0.3, -0.25) is 15.0 Å². The average Bonchev–Trinajstić information content (AvgIpc) is 2.74. The first-order chi connectivity index (χ1) is 11.8. The van der Waals surface area contributed by atoms with E-state index in [4.69, 9.17) is 4.74 Å². The summed E-state index contributed by atoms with van der Waals surface area (Å²) in [5.74, 6) is -0.0784. The molecule has 1 aliphatic carbocycles. The van der Waals surface area contributed by atoms with Crippen LogP contribution in [-0.2, 0) is 14.3 Å². The molecule has 1 spiro atoms. The van der Waals surface area contributed by atoms with E-state index >= 15 is 0 Å². The Labute approximate surface area is 148 Å². The fraction of sp³-hybridized carbons (Fsp3) is 0.824. The summed E-state index contributed by atoms with van der Waals surface area (Å²) in [6, 6.07) is -0.522. The summed E-state index contributed by atoms with van der Waals surface area (Å²) in [5.41, 5.74) is 1.68. The number of carbonyl (C=O) groups is 3. The lowest BCUT2D eigenvalue weighted by Gasteiger charge is -2.33. The van der Waals surface area contributed by atoms with Crippen LogP contribution in [0.5, 0.6) is 0 Å². The Morgan fingerprint density at radius 2 is 1.84 bits per heavy atom. The maximum Gasteiger partial charge on any atom is 0.344 e.